The van der Waals surface area contributed by atoms with E-state index >= 15 is 0 Å². The highest BCUT2D eigenvalue weighted by Crippen LogP contribution is 1.84. The van der Waals surface area contributed by atoms with Gasteiger partial charge in [0.25, 0.3) is 0 Å². The molecule has 0 aliphatic heterocycles. The maximum absolute atomic E-state index is 8.55. The summed E-state index contributed by atoms with van der Waals surface area (Å²) < 4.78 is 3.88. The molecule has 0 spiro atoms. The van der Waals surface area contributed by atoms with Crippen molar-refractivity contribution >= 4 is 6.20 Å². The van der Waals surface area contributed by atoms with Crippen LogP contribution < -0.4 is 4.57 Å². The van der Waals surface area contributed by atoms with Crippen LogP contribution in [0.4, 0.5) is 0 Å². The van der Waals surface area contributed by atoms with Crippen LogP contribution in [0, 0.1) is 0 Å². The van der Waals surface area contributed by atoms with Crippen molar-refractivity contribution in [2.75, 3.05) is 6.61 Å². The molecule has 0 atom stereocenters. The molecule has 1 rings (SSSR count). The van der Waals surface area contributed by atoms with Gasteiger partial charge in [0, 0.05) is 13.0 Å². The zero-order valence-electron chi connectivity index (χ0n) is 6.48. The Morgan fingerprint density at radius 3 is 3.00 bits per heavy atom. The van der Waals surface area contributed by atoms with Crippen molar-refractivity contribution in [3.05, 3.63) is 25.3 Å². The number of imidazole rings is 1. The van der Waals surface area contributed by atoms with E-state index in [1.807, 2.05) is 27.9 Å². The molecule has 0 aliphatic rings. The summed E-state index contributed by atoms with van der Waals surface area (Å²) in [5.74, 6) is 0. The van der Waals surface area contributed by atoms with Crippen LogP contribution in [0.15, 0.2) is 25.3 Å². The fourth-order valence-corrected chi connectivity index (χ4v) is 0.904. The molecule has 0 fully saturated rings. The molecule has 0 saturated carbocycles. The molecule has 3 heteroatoms. The Morgan fingerprint density at radius 2 is 2.45 bits per heavy atom. The van der Waals surface area contributed by atoms with Gasteiger partial charge in [0.15, 0.2) is 0 Å². The van der Waals surface area contributed by atoms with Gasteiger partial charge in [-0.2, -0.15) is 0 Å². The van der Waals surface area contributed by atoms with Gasteiger partial charge in [-0.25, -0.2) is 9.13 Å². The molecule has 1 aromatic heterocycles. The van der Waals surface area contributed by atoms with Gasteiger partial charge in [0.2, 0.25) is 6.33 Å². The van der Waals surface area contributed by atoms with Gasteiger partial charge in [-0.3, -0.25) is 0 Å². The second-order valence-electron chi connectivity index (χ2n) is 2.36. The van der Waals surface area contributed by atoms with Crippen LogP contribution in [0.1, 0.15) is 6.42 Å². The first-order chi connectivity index (χ1) is 5.36. The fourth-order valence-electron chi connectivity index (χ4n) is 0.904. The summed E-state index contributed by atoms with van der Waals surface area (Å²) in [5.41, 5.74) is 0. The highest BCUT2D eigenvalue weighted by Gasteiger charge is 1.98. The lowest BCUT2D eigenvalue weighted by Gasteiger charge is -1.90. The van der Waals surface area contributed by atoms with Gasteiger partial charge in [-0.1, -0.05) is 6.58 Å². The van der Waals surface area contributed by atoms with Crippen LogP contribution in [0.25, 0.3) is 6.20 Å². The second kappa shape index (κ2) is 3.93. The van der Waals surface area contributed by atoms with Gasteiger partial charge in [-0.15, -0.1) is 0 Å². The zero-order chi connectivity index (χ0) is 8.10. The van der Waals surface area contributed by atoms with E-state index in [1.54, 1.807) is 6.20 Å². The van der Waals surface area contributed by atoms with Gasteiger partial charge in [0.1, 0.15) is 12.4 Å². The quantitative estimate of drug-likeness (QED) is 0.618. The van der Waals surface area contributed by atoms with Crippen molar-refractivity contribution in [2.45, 2.75) is 13.0 Å². The number of hydrogen-bond acceptors (Lipinski definition) is 1. The minimum Gasteiger partial charge on any atom is -0.396 e. The molecule has 0 amide bonds. The molecule has 0 aromatic carbocycles. The Balaban J connectivity index is 2.51. The average Bonchev–Trinajstić information content (AvgIpc) is 2.48. The molecule has 1 aromatic rings. The minimum atomic E-state index is 0.242. The Labute approximate surface area is 66.2 Å². The lowest BCUT2D eigenvalue weighted by atomic mass is 10.4. The first kappa shape index (κ1) is 8.01. The normalized spacial score (nSPS) is 9.91. The molecule has 0 radical (unpaired) electrons. The number of aromatic nitrogens is 2. The van der Waals surface area contributed by atoms with E-state index < -0.39 is 0 Å². The number of nitrogens with zero attached hydrogens (tertiary/aromatic N) is 2. The molecule has 11 heavy (non-hydrogen) atoms. The molecule has 60 valence electrons. The number of rotatable bonds is 4. The Bertz CT molecular complexity index is 230. The monoisotopic (exact) mass is 153 g/mol. The van der Waals surface area contributed by atoms with Crippen molar-refractivity contribution in [1.82, 2.24) is 4.57 Å². The van der Waals surface area contributed by atoms with E-state index in [2.05, 4.69) is 6.58 Å². The first-order valence-corrected chi connectivity index (χ1v) is 3.67. The van der Waals surface area contributed by atoms with Crippen LogP contribution in [-0.2, 0) is 6.54 Å². The van der Waals surface area contributed by atoms with Crippen LogP contribution in [0.5, 0.6) is 0 Å². The predicted octanol–water partition coefficient (Wildman–Crippen LogP) is 0.259. The minimum absolute atomic E-state index is 0.242. The van der Waals surface area contributed by atoms with Crippen molar-refractivity contribution < 1.29 is 9.67 Å². The first-order valence-electron chi connectivity index (χ1n) is 3.67. The molecule has 0 aliphatic carbocycles. The van der Waals surface area contributed by atoms with E-state index in [4.69, 9.17) is 5.11 Å². The topological polar surface area (TPSA) is 29.0 Å². The van der Waals surface area contributed by atoms with E-state index in [0.717, 1.165) is 13.0 Å². The number of aliphatic hydroxyl groups is 1. The average molecular weight is 153 g/mol. The molecule has 0 unspecified atom stereocenters. The molecule has 1 N–H and O–H groups in total. The van der Waals surface area contributed by atoms with Crippen molar-refractivity contribution in [3.63, 3.8) is 0 Å². The third-order valence-electron chi connectivity index (χ3n) is 1.50. The number of aryl methyl sites for hydroxylation is 1. The standard InChI is InChI=1S/C8H13N2O/c1-2-9-5-6-10(8-9)4-3-7-11/h2,5-6,8,11H,1,3-4,7H2/q+1. The fraction of sp³-hybridized carbons (Fsp3) is 0.375. The summed E-state index contributed by atoms with van der Waals surface area (Å²) in [5, 5.41) is 8.55. The maximum atomic E-state index is 8.55. The SMILES string of the molecule is C=Cn1cc[n+](CCCO)c1. The third kappa shape index (κ3) is 2.20. The highest BCUT2D eigenvalue weighted by atomic mass is 16.3. The third-order valence-corrected chi connectivity index (χ3v) is 1.50. The van der Waals surface area contributed by atoms with Gasteiger partial charge < -0.3 is 5.11 Å². The number of hydrogen-bond donors (Lipinski definition) is 1. The van der Waals surface area contributed by atoms with Gasteiger partial charge >= 0.3 is 0 Å². The van der Waals surface area contributed by atoms with E-state index in [-0.39, 0.29) is 6.61 Å². The van der Waals surface area contributed by atoms with E-state index in [1.165, 1.54) is 0 Å². The Kier molecular flexibility index (Phi) is 2.86. The van der Waals surface area contributed by atoms with Crippen LogP contribution >= 0.6 is 0 Å². The summed E-state index contributed by atoms with van der Waals surface area (Å²) in [4.78, 5) is 0. The molecular weight excluding hydrogens is 140 g/mol. The van der Waals surface area contributed by atoms with Crippen molar-refractivity contribution in [1.29, 1.82) is 0 Å². The van der Waals surface area contributed by atoms with Crippen LogP contribution in [-0.4, -0.2) is 16.3 Å². The Morgan fingerprint density at radius 1 is 1.64 bits per heavy atom. The summed E-state index contributed by atoms with van der Waals surface area (Å²) in [6, 6.07) is 0. The number of aliphatic hydroxyl groups excluding tert-OH is 1. The smallest absolute Gasteiger partial charge is 0.248 e. The summed E-state index contributed by atoms with van der Waals surface area (Å²) in [6.45, 7) is 4.73. The van der Waals surface area contributed by atoms with Crippen LogP contribution in [0.3, 0.4) is 0 Å². The van der Waals surface area contributed by atoms with Crippen molar-refractivity contribution in [2.24, 2.45) is 0 Å². The molecule has 3 nitrogen and oxygen atoms in total. The van der Waals surface area contributed by atoms with Crippen molar-refractivity contribution in [3.8, 4) is 0 Å². The molecule has 0 saturated heterocycles. The molecule has 0 bridgehead atoms. The van der Waals surface area contributed by atoms with Crippen LogP contribution in [0.2, 0.25) is 0 Å². The molecule has 1 heterocycles. The predicted molar refractivity (Wildman–Crippen MR) is 42.7 cm³/mol. The zero-order valence-corrected chi connectivity index (χ0v) is 6.48. The summed E-state index contributed by atoms with van der Waals surface area (Å²) in [7, 11) is 0. The van der Waals surface area contributed by atoms with Gasteiger partial charge in [0.05, 0.1) is 12.7 Å². The summed E-state index contributed by atoms with van der Waals surface area (Å²) >= 11 is 0. The van der Waals surface area contributed by atoms with E-state index in [0.29, 0.717) is 0 Å². The van der Waals surface area contributed by atoms with E-state index in [9.17, 15) is 0 Å². The highest BCUT2D eigenvalue weighted by molar-refractivity contribution is 5.12. The maximum Gasteiger partial charge on any atom is 0.248 e. The lowest BCUT2D eigenvalue weighted by molar-refractivity contribution is -0.696. The molecular formula is C8H13N2O+. The van der Waals surface area contributed by atoms with Gasteiger partial charge in [-0.05, 0) is 0 Å². The Hall–Kier alpha value is -1.09. The lowest BCUT2D eigenvalue weighted by Crippen LogP contribution is -2.31. The largest absolute Gasteiger partial charge is 0.396 e. The summed E-state index contributed by atoms with van der Waals surface area (Å²) in [6.07, 6.45) is 8.34. The second-order valence-corrected chi connectivity index (χ2v) is 2.36.